The van der Waals surface area contributed by atoms with Crippen molar-refractivity contribution in [1.82, 2.24) is 9.97 Å². The zero-order chi connectivity index (χ0) is 18.3. The van der Waals surface area contributed by atoms with Crippen molar-refractivity contribution in [3.8, 4) is 11.1 Å². The minimum Gasteiger partial charge on any atom is -0.310 e. The van der Waals surface area contributed by atoms with Gasteiger partial charge in [0.1, 0.15) is 10.7 Å². The Balaban J connectivity index is 1.76. The molecule has 26 heavy (non-hydrogen) atoms. The standard InChI is InChI=1S/C20H14Cl2N2OS/c1-11-2-4-12(5-3-11)15-10-26-20-18(15)19(25)23-17(24-20)8-13-6-7-14(21)9-16(13)22/h2-7,9-10H,8H2,1H3,(H,23,24,25). The Hall–Kier alpha value is -2.14. The maximum Gasteiger partial charge on any atom is 0.260 e. The molecule has 0 unspecified atom stereocenters. The van der Waals surface area contributed by atoms with E-state index in [4.69, 9.17) is 23.2 Å². The van der Waals surface area contributed by atoms with Gasteiger partial charge in [-0.05, 0) is 30.2 Å². The highest BCUT2D eigenvalue weighted by molar-refractivity contribution is 7.17. The number of hydrogen-bond acceptors (Lipinski definition) is 3. The third kappa shape index (κ3) is 3.28. The van der Waals surface area contributed by atoms with Gasteiger partial charge in [-0.15, -0.1) is 11.3 Å². The van der Waals surface area contributed by atoms with Crippen LogP contribution in [-0.2, 0) is 6.42 Å². The highest BCUT2D eigenvalue weighted by Gasteiger charge is 2.14. The number of H-pyrrole nitrogens is 1. The zero-order valence-corrected chi connectivity index (χ0v) is 16.2. The minimum atomic E-state index is -0.132. The molecule has 1 N–H and O–H groups in total. The van der Waals surface area contributed by atoms with E-state index in [1.54, 1.807) is 12.1 Å². The largest absolute Gasteiger partial charge is 0.310 e. The third-order valence-electron chi connectivity index (χ3n) is 4.23. The fourth-order valence-corrected chi connectivity index (χ4v) is 4.31. The predicted octanol–water partition coefficient (Wildman–Crippen LogP) is 5.86. The summed E-state index contributed by atoms with van der Waals surface area (Å²) in [6.45, 7) is 2.04. The van der Waals surface area contributed by atoms with Gasteiger partial charge in [0, 0.05) is 27.4 Å². The summed E-state index contributed by atoms with van der Waals surface area (Å²) in [5.74, 6) is 0.587. The topological polar surface area (TPSA) is 45.8 Å². The molecule has 0 fully saturated rings. The van der Waals surface area contributed by atoms with Gasteiger partial charge >= 0.3 is 0 Å². The fraction of sp³-hybridized carbons (Fsp3) is 0.100. The van der Waals surface area contributed by atoms with Crippen LogP contribution in [0.25, 0.3) is 21.3 Å². The van der Waals surface area contributed by atoms with Gasteiger partial charge in [-0.25, -0.2) is 4.98 Å². The van der Waals surface area contributed by atoms with Crippen LogP contribution in [0.4, 0.5) is 0 Å². The van der Waals surface area contributed by atoms with Crippen molar-refractivity contribution in [1.29, 1.82) is 0 Å². The van der Waals surface area contributed by atoms with Crippen molar-refractivity contribution in [3.05, 3.63) is 85.2 Å². The second-order valence-corrected chi connectivity index (χ2v) is 7.82. The number of aromatic amines is 1. The number of aromatic nitrogens is 2. The molecule has 2 heterocycles. The molecule has 4 aromatic rings. The molecule has 2 aromatic heterocycles. The Morgan fingerprint density at radius 3 is 2.62 bits per heavy atom. The summed E-state index contributed by atoms with van der Waals surface area (Å²) < 4.78 is 0. The van der Waals surface area contributed by atoms with Gasteiger partial charge in [0.05, 0.1) is 5.39 Å². The lowest BCUT2D eigenvalue weighted by molar-refractivity contribution is 0.977. The number of benzene rings is 2. The van der Waals surface area contributed by atoms with E-state index in [-0.39, 0.29) is 5.56 Å². The molecule has 130 valence electrons. The highest BCUT2D eigenvalue weighted by atomic mass is 35.5. The van der Waals surface area contributed by atoms with Gasteiger partial charge in [0.2, 0.25) is 0 Å². The first-order chi connectivity index (χ1) is 12.5. The van der Waals surface area contributed by atoms with E-state index >= 15 is 0 Å². The van der Waals surface area contributed by atoms with Crippen LogP contribution in [0.15, 0.2) is 52.6 Å². The number of nitrogens with one attached hydrogen (secondary N) is 1. The number of fused-ring (bicyclic) bond motifs is 1. The number of rotatable bonds is 3. The second kappa shape index (κ2) is 6.88. The number of nitrogens with zero attached hydrogens (tertiary/aromatic N) is 1. The molecular formula is C20H14Cl2N2OS. The molecule has 2 aromatic carbocycles. The molecule has 0 aliphatic carbocycles. The van der Waals surface area contributed by atoms with Gasteiger partial charge in [-0.1, -0.05) is 59.1 Å². The zero-order valence-electron chi connectivity index (χ0n) is 13.8. The second-order valence-electron chi connectivity index (χ2n) is 6.12. The Bertz CT molecular complexity index is 1160. The van der Waals surface area contributed by atoms with Crippen LogP contribution in [0.1, 0.15) is 17.0 Å². The molecule has 0 aliphatic heterocycles. The number of halogens is 2. The summed E-state index contributed by atoms with van der Waals surface area (Å²) in [5.41, 5.74) is 3.85. The molecule has 0 spiro atoms. The van der Waals surface area contributed by atoms with Gasteiger partial charge in [-0.3, -0.25) is 4.79 Å². The van der Waals surface area contributed by atoms with Crippen molar-refractivity contribution >= 4 is 44.8 Å². The van der Waals surface area contributed by atoms with E-state index in [9.17, 15) is 4.79 Å². The molecular weight excluding hydrogens is 387 g/mol. The van der Waals surface area contributed by atoms with Crippen LogP contribution < -0.4 is 5.56 Å². The van der Waals surface area contributed by atoms with Crippen LogP contribution >= 0.6 is 34.5 Å². The van der Waals surface area contributed by atoms with Gasteiger partial charge in [0.25, 0.3) is 5.56 Å². The Morgan fingerprint density at radius 1 is 1.12 bits per heavy atom. The summed E-state index contributed by atoms with van der Waals surface area (Å²) >= 11 is 13.6. The van der Waals surface area contributed by atoms with Crippen molar-refractivity contribution in [3.63, 3.8) is 0 Å². The van der Waals surface area contributed by atoms with Crippen molar-refractivity contribution in [2.24, 2.45) is 0 Å². The quantitative estimate of drug-likeness (QED) is 0.468. The van der Waals surface area contributed by atoms with E-state index < -0.39 is 0 Å². The summed E-state index contributed by atoms with van der Waals surface area (Å²) in [6, 6.07) is 13.4. The summed E-state index contributed by atoms with van der Waals surface area (Å²) in [6.07, 6.45) is 0.443. The average Bonchev–Trinajstić information content (AvgIpc) is 3.03. The van der Waals surface area contributed by atoms with Crippen LogP contribution in [0, 0.1) is 6.92 Å². The van der Waals surface area contributed by atoms with Crippen LogP contribution in [-0.4, -0.2) is 9.97 Å². The number of aryl methyl sites for hydroxylation is 1. The first-order valence-electron chi connectivity index (χ1n) is 8.02. The molecule has 0 atom stereocenters. The minimum absolute atomic E-state index is 0.132. The lowest BCUT2D eigenvalue weighted by atomic mass is 10.0. The Kier molecular flexibility index (Phi) is 4.57. The van der Waals surface area contributed by atoms with E-state index in [0.29, 0.717) is 27.7 Å². The molecule has 0 bridgehead atoms. The normalized spacial score (nSPS) is 11.2. The average molecular weight is 401 g/mol. The van der Waals surface area contributed by atoms with Crippen molar-refractivity contribution in [2.45, 2.75) is 13.3 Å². The fourth-order valence-electron chi connectivity index (χ4n) is 2.87. The lowest BCUT2D eigenvalue weighted by Gasteiger charge is -2.05. The smallest absolute Gasteiger partial charge is 0.260 e. The summed E-state index contributed by atoms with van der Waals surface area (Å²) in [7, 11) is 0. The lowest BCUT2D eigenvalue weighted by Crippen LogP contribution is -2.11. The van der Waals surface area contributed by atoms with E-state index in [0.717, 1.165) is 21.5 Å². The maximum atomic E-state index is 12.7. The van der Waals surface area contributed by atoms with Gasteiger partial charge in [-0.2, -0.15) is 0 Å². The van der Waals surface area contributed by atoms with Crippen LogP contribution in [0.5, 0.6) is 0 Å². The monoisotopic (exact) mass is 400 g/mol. The molecule has 3 nitrogen and oxygen atoms in total. The molecule has 6 heteroatoms. The molecule has 0 aliphatic rings. The van der Waals surface area contributed by atoms with Gasteiger partial charge in [0.15, 0.2) is 0 Å². The summed E-state index contributed by atoms with van der Waals surface area (Å²) in [5, 5.41) is 3.75. The SMILES string of the molecule is Cc1ccc(-c2csc3nc(Cc4ccc(Cl)cc4Cl)[nH]c(=O)c23)cc1. The highest BCUT2D eigenvalue weighted by Crippen LogP contribution is 2.31. The summed E-state index contributed by atoms with van der Waals surface area (Å²) in [4.78, 5) is 21.0. The Labute approximate surface area is 164 Å². The molecule has 4 rings (SSSR count). The Morgan fingerprint density at radius 2 is 1.88 bits per heavy atom. The molecule has 0 radical (unpaired) electrons. The predicted molar refractivity (Wildman–Crippen MR) is 110 cm³/mol. The van der Waals surface area contributed by atoms with Crippen molar-refractivity contribution in [2.75, 3.05) is 0 Å². The first-order valence-corrected chi connectivity index (χ1v) is 9.66. The first kappa shape index (κ1) is 17.3. The number of hydrogen-bond donors (Lipinski definition) is 1. The molecule has 0 saturated carbocycles. The third-order valence-corrected chi connectivity index (χ3v) is 5.69. The van der Waals surface area contributed by atoms with Crippen molar-refractivity contribution < 1.29 is 0 Å². The number of thiophene rings is 1. The van der Waals surface area contributed by atoms with Crippen LogP contribution in [0.3, 0.4) is 0 Å². The van der Waals surface area contributed by atoms with Gasteiger partial charge < -0.3 is 4.98 Å². The van der Waals surface area contributed by atoms with E-state index in [1.807, 2.05) is 42.6 Å². The van der Waals surface area contributed by atoms with Crippen LogP contribution in [0.2, 0.25) is 10.0 Å². The van der Waals surface area contributed by atoms with E-state index in [2.05, 4.69) is 9.97 Å². The molecule has 0 saturated heterocycles. The maximum absolute atomic E-state index is 12.7. The molecule has 0 amide bonds. The van der Waals surface area contributed by atoms with E-state index in [1.165, 1.54) is 16.9 Å².